The standard InChI is InChI=1S/C30H40N2O3/c1-4-5-17-34-25-8-6-7-22(19-25)23-9-10-26-24(18-23)11-14-30(2,3)28(26)31-29(33)35-27-20-32-15-12-21(27)13-16-32/h6-10,18-19,21,27-28H,4-5,11-17,20H2,1-3H3,(H,31,33)/t27-,28+/m1/s1. The molecule has 0 unspecified atom stereocenters. The van der Waals surface area contributed by atoms with Gasteiger partial charge in [-0.1, -0.05) is 57.5 Å². The van der Waals surface area contributed by atoms with Crippen LogP contribution >= 0.6 is 0 Å². The molecule has 1 aliphatic carbocycles. The normalized spacial score (nSPS) is 26.6. The van der Waals surface area contributed by atoms with Gasteiger partial charge in [-0.15, -0.1) is 0 Å². The van der Waals surface area contributed by atoms with Crippen molar-refractivity contribution >= 4 is 6.09 Å². The predicted octanol–water partition coefficient (Wildman–Crippen LogP) is 6.37. The van der Waals surface area contributed by atoms with Gasteiger partial charge in [-0.25, -0.2) is 4.79 Å². The van der Waals surface area contributed by atoms with E-state index in [0.29, 0.717) is 5.92 Å². The van der Waals surface area contributed by atoms with Crippen LogP contribution in [0.2, 0.25) is 0 Å². The van der Waals surface area contributed by atoms with E-state index in [9.17, 15) is 4.79 Å². The Morgan fingerprint density at radius 1 is 1.11 bits per heavy atom. The van der Waals surface area contributed by atoms with Gasteiger partial charge in [-0.2, -0.15) is 0 Å². The number of ether oxygens (including phenoxy) is 2. The molecule has 1 amide bonds. The SMILES string of the molecule is CCCCOc1cccc(-c2ccc3c(c2)CCC(C)(C)[C@H]3NC(=O)O[C@@H]2CN3CCC2CC3)c1. The third kappa shape index (κ3) is 5.35. The largest absolute Gasteiger partial charge is 0.494 e. The molecule has 2 bridgehead atoms. The van der Waals surface area contributed by atoms with E-state index in [1.165, 1.54) is 16.7 Å². The molecule has 3 saturated heterocycles. The van der Waals surface area contributed by atoms with Crippen LogP contribution in [0.15, 0.2) is 42.5 Å². The zero-order valence-electron chi connectivity index (χ0n) is 21.5. The lowest BCUT2D eigenvalue weighted by Crippen LogP contribution is -2.53. The summed E-state index contributed by atoms with van der Waals surface area (Å²) in [4.78, 5) is 15.4. The van der Waals surface area contributed by atoms with E-state index in [4.69, 9.17) is 9.47 Å². The second-order valence-electron chi connectivity index (χ2n) is 11.3. The molecule has 188 valence electrons. The average molecular weight is 477 g/mol. The van der Waals surface area contributed by atoms with Crippen LogP contribution in [0.3, 0.4) is 0 Å². The average Bonchev–Trinajstić information content (AvgIpc) is 2.87. The fraction of sp³-hybridized carbons (Fsp3) is 0.567. The summed E-state index contributed by atoms with van der Waals surface area (Å²) < 4.78 is 11.9. The van der Waals surface area contributed by atoms with Gasteiger partial charge in [-0.3, -0.25) is 4.90 Å². The van der Waals surface area contributed by atoms with Gasteiger partial charge in [0.2, 0.25) is 0 Å². The summed E-state index contributed by atoms with van der Waals surface area (Å²) in [6, 6.07) is 15.0. The minimum atomic E-state index is -0.268. The van der Waals surface area contributed by atoms with Crippen LogP contribution in [-0.2, 0) is 11.2 Å². The van der Waals surface area contributed by atoms with Crippen molar-refractivity contribution < 1.29 is 14.3 Å². The van der Waals surface area contributed by atoms with Crippen molar-refractivity contribution in [3.8, 4) is 16.9 Å². The molecular formula is C30H40N2O3. The summed E-state index contributed by atoms with van der Waals surface area (Å²) in [5, 5.41) is 3.27. The number of fused-ring (bicyclic) bond motifs is 4. The number of nitrogens with zero attached hydrogens (tertiary/aromatic N) is 1. The van der Waals surface area contributed by atoms with Crippen LogP contribution in [0.25, 0.3) is 11.1 Å². The molecule has 4 aliphatic rings. The van der Waals surface area contributed by atoms with Gasteiger partial charge in [0.15, 0.2) is 0 Å². The van der Waals surface area contributed by atoms with Crippen molar-refractivity contribution in [1.82, 2.24) is 10.2 Å². The molecule has 3 aliphatic heterocycles. The Morgan fingerprint density at radius 2 is 1.91 bits per heavy atom. The molecule has 5 nitrogen and oxygen atoms in total. The molecule has 3 fully saturated rings. The zero-order valence-corrected chi connectivity index (χ0v) is 21.5. The number of hydrogen-bond donors (Lipinski definition) is 1. The predicted molar refractivity (Wildman–Crippen MR) is 140 cm³/mol. The van der Waals surface area contributed by atoms with Gasteiger partial charge < -0.3 is 14.8 Å². The monoisotopic (exact) mass is 476 g/mol. The fourth-order valence-corrected chi connectivity index (χ4v) is 6.01. The molecule has 2 aromatic carbocycles. The lowest BCUT2D eigenvalue weighted by atomic mass is 9.70. The Labute approximate surface area is 210 Å². The van der Waals surface area contributed by atoms with Crippen molar-refractivity contribution in [2.24, 2.45) is 11.3 Å². The second-order valence-corrected chi connectivity index (χ2v) is 11.3. The highest BCUT2D eigenvalue weighted by atomic mass is 16.6. The lowest BCUT2D eigenvalue weighted by molar-refractivity contribution is -0.0353. The van der Waals surface area contributed by atoms with Crippen LogP contribution in [0.1, 0.15) is 70.0 Å². The summed E-state index contributed by atoms with van der Waals surface area (Å²) in [5.41, 5.74) is 4.85. The van der Waals surface area contributed by atoms with Crippen LogP contribution in [0, 0.1) is 11.3 Å². The number of alkyl carbamates (subject to hydrolysis) is 1. The van der Waals surface area contributed by atoms with Crippen LogP contribution < -0.4 is 10.1 Å². The Balaban J connectivity index is 1.31. The van der Waals surface area contributed by atoms with E-state index in [2.05, 4.69) is 67.4 Å². The maximum Gasteiger partial charge on any atom is 0.407 e. The zero-order chi connectivity index (χ0) is 24.4. The van der Waals surface area contributed by atoms with Gasteiger partial charge >= 0.3 is 6.09 Å². The number of unbranched alkanes of at least 4 members (excludes halogenated alkanes) is 1. The number of aryl methyl sites for hydroxylation is 1. The Morgan fingerprint density at radius 3 is 2.66 bits per heavy atom. The van der Waals surface area contributed by atoms with Crippen LogP contribution in [-0.4, -0.2) is 43.3 Å². The van der Waals surface area contributed by atoms with Gasteiger partial charge in [0.05, 0.1) is 12.6 Å². The molecule has 2 aromatic rings. The fourth-order valence-electron chi connectivity index (χ4n) is 6.01. The van der Waals surface area contributed by atoms with E-state index in [-0.39, 0.29) is 23.7 Å². The molecule has 5 heteroatoms. The van der Waals surface area contributed by atoms with E-state index in [1.54, 1.807) is 0 Å². The van der Waals surface area contributed by atoms with Crippen molar-refractivity contribution in [1.29, 1.82) is 0 Å². The topological polar surface area (TPSA) is 50.8 Å². The van der Waals surface area contributed by atoms with Crippen LogP contribution in [0.5, 0.6) is 5.75 Å². The van der Waals surface area contributed by atoms with Crippen molar-refractivity contribution in [3.63, 3.8) is 0 Å². The highest BCUT2D eigenvalue weighted by Crippen LogP contribution is 2.44. The number of benzene rings is 2. The Hall–Kier alpha value is -2.53. The summed E-state index contributed by atoms with van der Waals surface area (Å²) >= 11 is 0. The number of hydrogen-bond acceptors (Lipinski definition) is 4. The molecule has 0 aromatic heterocycles. The number of nitrogens with one attached hydrogen (secondary N) is 1. The van der Waals surface area contributed by atoms with Crippen LogP contribution in [0.4, 0.5) is 4.79 Å². The van der Waals surface area contributed by atoms with Crippen molar-refractivity contribution in [2.45, 2.75) is 71.4 Å². The first kappa shape index (κ1) is 24.2. The first-order valence-corrected chi connectivity index (χ1v) is 13.5. The third-order valence-corrected chi connectivity index (χ3v) is 8.32. The summed E-state index contributed by atoms with van der Waals surface area (Å²) in [6.07, 6.45) is 6.27. The highest BCUT2D eigenvalue weighted by molar-refractivity contribution is 5.70. The third-order valence-electron chi connectivity index (χ3n) is 8.32. The number of piperidine rings is 3. The summed E-state index contributed by atoms with van der Waals surface area (Å²) in [7, 11) is 0. The highest BCUT2D eigenvalue weighted by Gasteiger charge is 2.40. The Kier molecular flexibility index (Phi) is 7.06. The van der Waals surface area contributed by atoms with Crippen molar-refractivity contribution in [2.75, 3.05) is 26.2 Å². The van der Waals surface area contributed by atoms with Gasteiger partial charge in [0.25, 0.3) is 0 Å². The molecule has 3 heterocycles. The molecule has 0 radical (unpaired) electrons. The lowest BCUT2D eigenvalue weighted by Gasteiger charge is -2.44. The smallest absolute Gasteiger partial charge is 0.407 e. The van der Waals surface area contributed by atoms with E-state index in [0.717, 1.165) is 76.1 Å². The first-order chi connectivity index (χ1) is 16.9. The quantitative estimate of drug-likeness (QED) is 0.472. The molecular weight excluding hydrogens is 436 g/mol. The maximum atomic E-state index is 13.0. The number of rotatable bonds is 7. The van der Waals surface area contributed by atoms with Gasteiger partial charge in [0.1, 0.15) is 11.9 Å². The number of carbonyl (C=O) groups is 1. The first-order valence-electron chi connectivity index (χ1n) is 13.5. The minimum absolute atomic E-state index is 0.0258. The summed E-state index contributed by atoms with van der Waals surface area (Å²) in [6.45, 7) is 10.6. The Bertz CT molecular complexity index is 1040. The molecule has 0 spiro atoms. The van der Waals surface area contributed by atoms with E-state index in [1.807, 2.05) is 6.07 Å². The second kappa shape index (κ2) is 10.2. The minimum Gasteiger partial charge on any atom is -0.494 e. The van der Waals surface area contributed by atoms with E-state index < -0.39 is 0 Å². The molecule has 1 N–H and O–H groups in total. The maximum absolute atomic E-state index is 13.0. The van der Waals surface area contributed by atoms with Crippen molar-refractivity contribution in [3.05, 3.63) is 53.6 Å². The van der Waals surface area contributed by atoms with E-state index >= 15 is 0 Å². The summed E-state index contributed by atoms with van der Waals surface area (Å²) in [5.74, 6) is 1.44. The number of carbonyl (C=O) groups excluding carboxylic acids is 1. The molecule has 2 atom stereocenters. The molecule has 35 heavy (non-hydrogen) atoms. The van der Waals surface area contributed by atoms with Gasteiger partial charge in [-0.05, 0) is 90.9 Å². The molecule has 0 saturated carbocycles. The number of amides is 1. The molecule has 6 rings (SSSR count). The van der Waals surface area contributed by atoms with Gasteiger partial charge in [0, 0.05) is 6.54 Å².